The Morgan fingerprint density at radius 2 is 1.43 bits per heavy atom. The van der Waals surface area contributed by atoms with Gasteiger partial charge in [-0.25, -0.2) is 9.59 Å². The molecule has 8 heteroatoms. The lowest BCUT2D eigenvalue weighted by Gasteiger charge is -2.57. The zero-order valence-corrected chi connectivity index (χ0v) is 25.5. The third kappa shape index (κ3) is 5.15. The van der Waals surface area contributed by atoms with Gasteiger partial charge in [-0.1, -0.05) is 80.6 Å². The number of esters is 2. The average Bonchev–Trinajstić information content (AvgIpc) is 3.28. The van der Waals surface area contributed by atoms with Crippen molar-refractivity contribution in [2.24, 2.45) is 11.3 Å². The summed E-state index contributed by atoms with van der Waals surface area (Å²) in [6.45, 7) is 7.27. The van der Waals surface area contributed by atoms with E-state index in [-0.39, 0.29) is 16.6 Å². The molecule has 1 spiro atoms. The van der Waals surface area contributed by atoms with Crippen molar-refractivity contribution in [3.63, 3.8) is 0 Å². The van der Waals surface area contributed by atoms with Gasteiger partial charge >= 0.3 is 11.9 Å². The minimum absolute atomic E-state index is 0.0436. The number of methoxy groups -OCH3 is 2. The van der Waals surface area contributed by atoms with E-state index in [1.165, 1.54) is 30.9 Å². The predicted octanol–water partition coefficient (Wildman–Crippen LogP) is 5.71. The molecule has 6 nitrogen and oxygen atoms in total. The molecule has 0 amide bonds. The van der Waals surface area contributed by atoms with Crippen LogP contribution < -0.4 is 0 Å². The van der Waals surface area contributed by atoms with Crippen LogP contribution in [-0.2, 0) is 32.2 Å². The summed E-state index contributed by atoms with van der Waals surface area (Å²) in [5, 5.41) is 0.0691. The second-order valence-corrected chi connectivity index (χ2v) is 13.4. The maximum atomic E-state index is 14.0. The van der Waals surface area contributed by atoms with E-state index in [4.69, 9.17) is 9.47 Å². The molecule has 2 aromatic rings. The fourth-order valence-corrected chi connectivity index (χ4v) is 9.65. The van der Waals surface area contributed by atoms with Gasteiger partial charge in [0.15, 0.2) is 0 Å². The Kier molecular flexibility index (Phi) is 8.53. The molecule has 212 valence electrons. The Morgan fingerprint density at radius 1 is 0.900 bits per heavy atom. The highest BCUT2D eigenvalue weighted by Gasteiger charge is 2.65. The molecule has 5 rings (SSSR count). The molecule has 0 saturated carbocycles. The van der Waals surface area contributed by atoms with Crippen LogP contribution in [0.25, 0.3) is 0 Å². The highest BCUT2D eigenvalue weighted by atomic mass is 32.2. The number of hydrogen-bond donors (Lipinski definition) is 0. The van der Waals surface area contributed by atoms with E-state index >= 15 is 0 Å². The lowest BCUT2D eigenvalue weighted by atomic mass is 9.70. The van der Waals surface area contributed by atoms with Crippen LogP contribution in [0.5, 0.6) is 0 Å². The van der Waals surface area contributed by atoms with Crippen molar-refractivity contribution in [2.45, 2.75) is 44.3 Å². The second kappa shape index (κ2) is 11.8. The first-order valence-electron chi connectivity index (χ1n) is 13.7. The standard InChI is InChI=1S/C32H38N2O4S2/c1-31(2)18-24(39-5)26-25(19-31)40-28(30(36)38-4)27(29(35)37-3)32(26)33(20-22-12-8-6-9-13-22)16-17-34(32)21-23-14-10-7-11-15-23/h6-15,18,25-26H,16-17,19-21H2,1-5H3. The van der Waals surface area contributed by atoms with E-state index in [1.807, 2.05) is 36.4 Å². The molecule has 1 aliphatic carbocycles. The molecule has 1 fully saturated rings. The van der Waals surface area contributed by atoms with Gasteiger partial charge in [0.05, 0.1) is 19.8 Å². The number of carbonyl (C=O) groups is 2. The van der Waals surface area contributed by atoms with Gasteiger partial charge in [-0.15, -0.1) is 23.5 Å². The first-order valence-corrected chi connectivity index (χ1v) is 15.8. The summed E-state index contributed by atoms with van der Waals surface area (Å²) in [6, 6.07) is 20.7. The first kappa shape index (κ1) is 29.0. The van der Waals surface area contributed by atoms with E-state index < -0.39 is 17.6 Å². The van der Waals surface area contributed by atoms with Crippen LogP contribution in [0.15, 0.2) is 82.1 Å². The molecule has 3 aliphatic rings. The third-order valence-corrected chi connectivity index (χ3v) is 10.5. The maximum absolute atomic E-state index is 14.0. The Bertz CT molecular complexity index is 1260. The van der Waals surface area contributed by atoms with Gasteiger partial charge in [-0.2, -0.15) is 0 Å². The van der Waals surface area contributed by atoms with Crippen LogP contribution in [0.1, 0.15) is 31.4 Å². The summed E-state index contributed by atoms with van der Waals surface area (Å²) in [5.74, 6) is -1.000. The highest BCUT2D eigenvalue weighted by Crippen LogP contribution is 2.61. The van der Waals surface area contributed by atoms with Gasteiger partial charge in [0.25, 0.3) is 0 Å². The van der Waals surface area contributed by atoms with Gasteiger partial charge in [0, 0.05) is 37.3 Å². The highest BCUT2D eigenvalue weighted by molar-refractivity contribution is 8.05. The van der Waals surface area contributed by atoms with Crippen molar-refractivity contribution in [1.82, 2.24) is 9.80 Å². The van der Waals surface area contributed by atoms with Gasteiger partial charge in [-0.05, 0) is 34.1 Å². The summed E-state index contributed by atoms with van der Waals surface area (Å²) < 4.78 is 10.8. The number of hydrogen-bond acceptors (Lipinski definition) is 8. The molecule has 2 unspecified atom stereocenters. The number of fused-ring (bicyclic) bond motifs is 2. The molecule has 0 N–H and O–H groups in total. The molecule has 2 aliphatic heterocycles. The van der Waals surface area contributed by atoms with E-state index in [9.17, 15) is 9.59 Å². The SMILES string of the molecule is COC(=O)C1=C(C(=O)OC)C2(C3C(SC)=CC(C)(C)CC3S1)N(Cc1ccccc1)CCN2Cc1ccccc1. The molecule has 0 bridgehead atoms. The molecule has 2 atom stereocenters. The molecule has 0 radical (unpaired) electrons. The van der Waals surface area contributed by atoms with Crippen molar-refractivity contribution >= 4 is 35.5 Å². The van der Waals surface area contributed by atoms with E-state index in [0.29, 0.717) is 23.6 Å². The predicted molar refractivity (Wildman–Crippen MR) is 162 cm³/mol. The van der Waals surface area contributed by atoms with Crippen molar-refractivity contribution in [3.8, 4) is 0 Å². The molecule has 2 heterocycles. The summed E-state index contributed by atoms with van der Waals surface area (Å²) in [6.07, 6.45) is 5.39. The summed E-state index contributed by atoms with van der Waals surface area (Å²) in [5.41, 5.74) is 1.77. The van der Waals surface area contributed by atoms with Crippen LogP contribution in [0, 0.1) is 11.3 Å². The molecular weight excluding hydrogens is 540 g/mol. The van der Waals surface area contributed by atoms with Crippen LogP contribution in [0.3, 0.4) is 0 Å². The number of carbonyl (C=O) groups excluding carboxylic acids is 2. The third-order valence-electron chi connectivity index (χ3n) is 8.27. The molecule has 40 heavy (non-hydrogen) atoms. The van der Waals surface area contributed by atoms with Crippen LogP contribution >= 0.6 is 23.5 Å². The molecule has 2 aromatic carbocycles. The van der Waals surface area contributed by atoms with Gasteiger partial charge < -0.3 is 9.47 Å². The zero-order chi connectivity index (χ0) is 28.5. The van der Waals surface area contributed by atoms with Crippen LogP contribution in [0.4, 0.5) is 0 Å². The lowest BCUT2D eigenvalue weighted by Crippen LogP contribution is -2.66. The minimum atomic E-state index is -0.899. The minimum Gasteiger partial charge on any atom is -0.466 e. The van der Waals surface area contributed by atoms with Crippen molar-refractivity contribution in [1.29, 1.82) is 0 Å². The fraction of sp³-hybridized carbons (Fsp3) is 0.438. The van der Waals surface area contributed by atoms with Crippen molar-refractivity contribution in [3.05, 3.63) is 93.2 Å². The van der Waals surface area contributed by atoms with E-state index in [2.05, 4.69) is 60.2 Å². The second-order valence-electron chi connectivity index (χ2n) is 11.3. The number of allylic oxidation sites excluding steroid dienone is 1. The first-order chi connectivity index (χ1) is 19.2. The molecule has 0 aromatic heterocycles. The van der Waals surface area contributed by atoms with Gasteiger partial charge in [0.1, 0.15) is 10.6 Å². The number of thioether (sulfide) groups is 2. The van der Waals surface area contributed by atoms with Crippen molar-refractivity contribution in [2.75, 3.05) is 33.6 Å². The Morgan fingerprint density at radius 3 is 1.90 bits per heavy atom. The molecule has 1 saturated heterocycles. The van der Waals surface area contributed by atoms with Crippen LogP contribution in [0.2, 0.25) is 0 Å². The largest absolute Gasteiger partial charge is 0.466 e. The zero-order valence-electron chi connectivity index (χ0n) is 23.9. The maximum Gasteiger partial charge on any atom is 0.345 e. The Labute approximate surface area is 246 Å². The average molecular weight is 579 g/mol. The lowest BCUT2D eigenvalue weighted by molar-refractivity contribution is -0.142. The summed E-state index contributed by atoms with van der Waals surface area (Å²) in [7, 11) is 2.79. The number of nitrogens with zero attached hydrogens (tertiary/aromatic N) is 2. The van der Waals surface area contributed by atoms with E-state index in [0.717, 1.165) is 30.6 Å². The Balaban J connectivity index is 1.81. The number of rotatable bonds is 7. The van der Waals surface area contributed by atoms with Crippen LogP contribution in [-0.4, -0.2) is 66.2 Å². The fourth-order valence-electron chi connectivity index (χ4n) is 6.73. The van der Waals surface area contributed by atoms with Gasteiger partial charge in [0.2, 0.25) is 0 Å². The smallest absolute Gasteiger partial charge is 0.345 e. The molecular formula is C32H38N2O4S2. The van der Waals surface area contributed by atoms with Crippen molar-refractivity contribution < 1.29 is 19.1 Å². The normalized spacial score (nSPS) is 24.0. The monoisotopic (exact) mass is 578 g/mol. The number of benzene rings is 2. The Hall–Kier alpha value is -2.52. The summed E-state index contributed by atoms with van der Waals surface area (Å²) in [4.78, 5) is 33.9. The quantitative estimate of drug-likeness (QED) is 0.388. The number of ether oxygens (including phenoxy) is 2. The van der Waals surface area contributed by atoms with Gasteiger partial charge in [-0.3, -0.25) is 9.80 Å². The van der Waals surface area contributed by atoms with E-state index in [1.54, 1.807) is 11.8 Å². The topological polar surface area (TPSA) is 59.1 Å². The summed E-state index contributed by atoms with van der Waals surface area (Å²) >= 11 is 3.25.